The van der Waals surface area contributed by atoms with E-state index in [4.69, 9.17) is 4.42 Å². The average Bonchev–Trinajstić information content (AvgIpc) is 2.81. The second-order valence-corrected chi connectivity index (χ2v) is 6.97. The van der Waals surface area contributed by atoms with Gasteiger partial charge in [-0.15, -0.1) is 0 Å². The molecule has 5 heteroatoms. The molecule has 1 aromatic carbocycles. The second-order valence-electron chi connectivity index (χ2n) is 4.96. The van der Waals surface area contributed by atoms with Gasteiger partial charge in [0.2, 0.25) is 0 Å². The Morgan fingerprint density at radius 1 is 1.15 bits per heavy atom. The molecule has 0 amide bonds. The van der Waals surface area contributed by atoms with Crippen molar-refractivity contribution >= 4 is 9.84 Å². The van der Waals surface area contributed by atoms with Crippen molar-refractivity contribution in [1.82, 2.24) is 5.32 Å². The van der Waals surface area contributed by atoms with Crippen LogP contribution in [-0.2, 0) is 16.4 Å². The third-order valence-electron chi connectivity index (χ3n) is 3.19. The van der Waals surface area contributed by atoms with Crippen LogP contribution in [0.25, 0.3) is 0 Å². The molecular weight excluding hydrogens is 274 g/mol. The Hall–Kier alpha value is -1.59. The lowest BCUT2D eigenvalue weighted by Gasteiger charge is -2.13. The fourth-order valence-corrected chi connectivity index (χ4v) is 2.59. The molecule has 0 saturated carbocycles. The molecule has 1 unspecified atom stereocenters. The molecule has 4 nitrogen and oxygen atoms in total. The van der Waals surface area contributed by atoms with Crippen LogP contribution in [0.4, 0.5) is 0 Å². The molecule has 1 N–H and O–H groups in total. The van der Waals surface area contributed by atoms with Gasteiger partial charge in [-0.25, -0.2) is 8.42 Å². The topological polar surface area (TPSA) is 59.3 Å². The zero-order chi connectivity index (χ0) is 14.8. The fourth-order valence-electron chi connectivity index (χ4n) is 1.96. The predicted octanol–water partition coefficient (Wildman–Crippen LogP) is 2.84. The Morgan fingerprint density at radius 3 is 2.30 bits per heavy atom. The van der Waals surface area contributed by atoms with Crippen molar-refractivity contribution in [2.75, 3.05) is 6.26 Å². The summed E-state index contributed by atoms with van der Waals surface area (Å²) in [7, 11) is -3.13. The molecule has 0 aliphatic rings. The van der Waals surface area contributed by atoms with Crippen LogP contribution in [0.3, 0.4) is 0 Å². The normalized spacial score (nSPS) is 13.3. The lowest BCUT2D eigenvalue weighted by molar-refractivity contribution is 0.444. The van der Waals surface area contributed by atoms with Crippen LogP contribution >= 0.6 is 0 Å². The number of hydrogen-bond acceptors (Lipinski definition) is 4. The molecule has 108 valence electrons. The number of nitrogens with one attached hydrogen (secondary N) is 1. The van der Waals surface area contributed by atoms with Gasteiger partial charge in [0.25, 0.3) is 0 Å². The molecule has 2 aromatic rings. The van der Waals surface area contributed by atoms with Gasteiger partial charge in [-0.2, -0.15) is 0 Å². The first kappa shape index (κ1) is 14.8. The summed E-state index contributed by atoms with van der Waals surface area (Å²) >= 11 is 0. The van der Waals surface area contributed by atoms with Gasteiger partial charge in [0.1, 0.15) is 11.5 Å². The first-order valence-electron chi connectivity index (χ1n) is 6.45. The van der Waals surface area contributed by atoms with Crippen LogP contribution in [0.1, 0.15) is 30.0 Å². The maximum atomic E-state index is 11.4. The van der Waals surface area contributed by atoms with Crippen molar-refractivity contribution < 1.29 is 12.8 Å². The van der Waals surface area contributed by atoms with Crippen LogP contribution in [0.15, 0.2) is 45.7 Å². The first-order valence-corrected chi connectivity index (χ1v) is 8.34. The van der Waals surface area contributed by atoms with E-state index >= 15 is 0 Å². The van der Waals surface area contributed by atoms with Crippen molar-refractivity contribution in [2.45, 2.75) is 31.3 Å². The standard InChI is InChI=1S/C15H19NO3S/c1-11-4-7-14(19-11)10-16-12(2)13-5-8-15(9-6-13)20(3,17)18/h4-9,12,16H,10H2,1-3H3. The number of hydrogen-bond donors (Lipinski definition) is 1. The highest BCUT2D eigenvalue weighted by atomic mass is 32.2. The Balaban J connectivity index is 2.00. The zero-order valence-electron chi connectivity index (χ0n) is 11.9. The van der Waals surface area contributed by atoms with Gasteiger partial charge < -0.3 is 9.73 Å². The Labute approximate surface area is 119 Å². The Kier molecular flexibility index (Phi) is 4.30. The van der Waals surface area contributed by atoms with Gasteiger partial charge in [-0.3, -0.25) is 0 Å². The SMILES string of the molecule is Cc1ccc(CNC(C)c2ccc(S(C)(=O)=O)cc2)o1. The highest BCUT2D eigenvalue weighted by Crippen LogP contribution is 2.17. The van der Waals surface area contributed by atoms with E-state index in [1.165, 1.54) is 6.26 Å². The minimum absolute atomic E-state index is 0.119. The summed E-state index contributed by atoms with van der Waals surface area (Å²) in [6, 6.07) is 10.9. The number of furan rings is 1. The fraction of sp³-hybridized carbons (Fsp3) is 0.333. The molecule has 1 aromatic heterocycles. The van der Waals surface area contributed by atoms with E-state index in [0.717, 1.165) is 17.1 Å². The van der Waals surface area contributed by atoms with Gasteiger partial charge in [0.15, 0.2) is 9.84 Å². The van der Waals surface area contributed by atoms with Crippen LogP contribution in [0.2, 0.25) is 0 Å². The van der Waals surface area contributed by atoms with Crippen LogP contribution in [0.5, 0.6) is 0 Å². The third-order valence-corrected chi connectivity index (χ3v) is 4.32. The molecule has 2 rings (SSSR count). The Morgan fingerprint density at radius 2 is 1.80 bits per heavy atom. The summed E-state index contributed by atoms with van der Waals surface area (Å²) < 4.78 is 28.3. The maximum absolute atomic E-state index is 11.4. The quantitative estimate of drug-likeness (QED) is 0.921. The van der Waals surface area contributed by atoms with Crippen LogP contribution < -0.4 is 5.32 Å². The first-order chi connectivity index (χ1) is 9.36. The molecule has 1 heterocycles. The van der Waals surface area contributed by atoms with E-state index in [1.807, 2.05) is 38.1 Å². The number of benzene rings is 1. The van der Waals surface area contributed by atoms with E-state index < -0.39 is 9.84 Å². The van der Waals surface area contributed by atoms with E-state index in [2.05, 4.69) is 5.32 Å². The van der Waals surface area contributed by atoms with Gasteiger partial charge in [0, 0.05) is 12.3 Å². The molecule has 0 spiro atoms. The van der Waals surface area contributed by atoms with Crippen LogP contribution in [0, 0.1) is 6.92 Å². The summed E-state index contributed by atoms with van der Waals surface area (Å²) in [4.78, 5) is 0.343. The second kappa shape index (κ2) is 5.81. The average molecular weight is 293 g/mol. The largest absolute Gasteiger partial charge is 0.465 e. The minimum Gasteiger partial charge on any atom is -0.465 e. The van der Waals surface area contributed by atoms with Crippen molar-refractivity contribution in [3.8, 4) is 0 Å². The minimum atomic E-state index is -3.13. The molecule has 0 radical (unpaired) electrons. The highest BCUT2D eigenvalue weighted by Gasteiger charge is 2.09. The van der Waals surface area contributed by atoms with Crippen molar-refractivity contribution in [3.05, 3.63) is 53.5 Å². The summed E-state index contributed by atoms with van der Waals surface area (Å²) in [5.41, 5.74) is 1.04. The molecule has 0 saturated heterocycles. The third kappa shape index (κ3) is 3.71. The van der Waals surface area contributed by atoms with E-state index in [9.17, 15) is 8.42 Å². The summed E-state index contributed by atoms with van der Waals surface area (Å²) in [6.07, 6.45) is 1.21. The number of aryl methyl sites for hydroxylation is 1. The van der Waals surface area contributed by atoms with Gasteiger partial charge >= 0.3 is 0 Å². The molecule has 0 bridgehead atoms. The molecule has 0 aliphatic carbocycles. The number of rotatable bonds is 5. The van der Waals surface area contributed by atoms with E-state index in [0.29, 0.717) is 11.4 Å². The molecular formula is C15H19NO3S. The Bertz CT molecular complexity index is 671. The van der Waals surface area contributed by atoms with Crippen molar-refractivity contribution in [2.24, 2.45) is 0 Å². The molecule has 0 fully saturated rings. The molecule has 20 heavy (non-hydrogen) atoms. The van der Waals surface area contributed by atoms with Crippen LogP contribution in [-0.4, -0.2) is 14.7 Å². The lowest BCUT2D eigenvalue weighted by Crippen LogP contribution is -2.17. The molecule has 1 atom stereocenters. The predicted molar refractivity (Wildman–Crippen MR) is 78.3 cm³/mol. The smallest absolute Gasteiger partial charge is 0.175 e. The monoisotopic (exact) mass is 293 g/mol. The van der Waals surface area contributed by atoms with E-state index in [-0.39, 0.29) is 6.04 Å². The van der Waals surface area contributed by atoms with Gasteiger partial charge in [-0.1, -0.05) is 12.1 Å². The summed E-state index contributed by atoms with van der Waals surface area (Å²) in [5.74, 6) is 1.79. The van der Waals surface area contributed by atoms with Crippen molar-refractivity contribution in [3.63, 3.8) is 0 Å². The maximum Gasteiger partial charge on any atom is 0.175 e. The van der Waals surface area contributed by atoms with E-state index in [1.54, 1.807) is 12.1 Å². The van der Waals surface area contributed by atoms with Gasteiger partial charge in [0.05, 0.1) is 11.4 Å². The lowest BCUT2D eigenvalue weighted by atomic mass is 10.1. The highest BCUT2D eigenvalue weighted by molar-refractivity contribution is 7.90. The van der Waals surface area contributed by atoms with Crippen molar-refractivity contribution in [1.29, 1.82) is 0 Å². The van der Waals surface area contributed by atoms with Gasteiger partial charge in [-0.05, 0) is 43.7 Å². The number of sulfone groups is 1. The zero-order valence-corrected chi connectivity index (χ0v) is 12.7. The summed E-state index contributed by atoms with van der Waals surface area (Å²) in [6.45, 7) is 4.59. The summed E-state index contributed by atoms with van der Waals surface area (Å²) in [5, 5.41) is 3.34. The molecule has 0 aliphatic heterocycles.